The largest absolute Gasteiger partial charge is 0.401 e. The summed E-state index contributed by atoms with van der Waals surface area (Å²) in [6.45, 7) is 8.35. The molecule has 2 N–H and O–H groups in total. The molecule has 0 radical (unpaired) electrons. The minimum atomic E-state index is 0.506. The van der Waals surface area contributed by atoms with Gasteiger partial charge in [-0.05, 0) is 18.8 Å². The van der Waals surface area contributed by atoms with Crippen molar-refractivity contribution >= 4 is 12.3 Å². The van der Waals surface area contributed by atoms with Gasteiger partial charge in [0.15, 0.2) is 0 Å². The molecule has 0 aliphatic heterocycles. The van der Waals surface area contributed by atoms with Gasteiger partial charge in [-0.2, -0.15) is 5.10 Å². The Morgan fingerprint density at radius 1 is 1.71 bits per heavy atom. The first-order chi connectivity index (χ1) is 8.19. The van der Waals surface area contributed by atoms with Crippen molar-refractivity contribution < 1.29 is 0 Å². The van der Waals surface area contributed by atoms with E-state index in [1.807, 2.05) is 0 Å². The summed E-state index contributed by atoms with van der Waals surface area (Å²) >= 11 is 0. The van der Waals surface area contributed by atoms with Crippen molar-refractivity contribution in [1.29, 1.82) is 0 Å². The molecule has 0 saturated heterocycles. The highest BCUT2D eigenvalue weighted by molar-refractivity contribution is 5.45. The Morgan fingerprint density at radius 3 is 2.94 bits per heavy atom. The number of hydrogen-bond acceptors (Lipinski definition) is 3. The Morgan fingerprint density at radius 2 is 2.41 bits per heavy atom. The molecular formula is C13H18N4. The van der Waals surface area contributed by atoms with Crippen LogP contribution in [0.2, 0.25) is 0 Å². The van der Waals surface area contributed by atoms with Gasteiger partial charge in [0.1, 0.15) is 0 Å². The van der Waals surface area contributed by atoms with Crippen LogP contribution in [-0.2, 0) is 6.54 Å². The van der Waals surface area contributed by atoms with Crippen LogP contribution < -0.4 is 21.7 Å². The van der Waals surface area contributed by atoms with Crippen LogP contribution in [0.4, 0.5) is 0 Å². The van der Waals surface area contributed by atoms with Gasteiger partial charge in [-0.1, -0.05) is 12.7 Å². The Kier molecular flexibility index (Phi) is 3.13. The van der Waals surface area contributed by atoms with Gasteiger partial charge in [-0.3, -0.25) is 9.67 Å². The fourth-order valence-corrected chi connectivity index (χ4v) is 1.89. The number of allylic oxidation sites excluding steroid dienone is 1. The lowest BCUT2D eigenvalue weighted by atomic mass is 10.2. The first-order valence-corrected chi connectivity index (χ1v) is 5.77. The summed E-state index contributed by atoms with van der Waals surface area (Å²) in [5.41, 5.74) is 7.03. The Bertz CT molecular complexity index is 605. The number of hydrogen-bond donors (Lipinski definition) is 1. The van der Waals surface area contributed by atoms with Gasteiger partial charge in [-0.25, -0.2) is 0 Å². The fourth-order valence-electron chi connectivity index (χ4n) is 1.89. The Balaban J connectivity index is 2.72. The predicted octanol–water partition coefficient (Wildman–Crippen LogP) is -0.513. The maximum absolute atomic E-state index is 6.13. The number of nitrogens with two attached hydrogens (primary N) is 1. The third-order valence-electron chi connectivity index (χ3n) is 3.02. The molecule has 0 bridgehead atoms. The minimum absolute atomic E-state index is 0.506. The molecular weight excluding hydrogens is 212 g/mol. The lowest BCUT2D eigenvalue weighted by Crippen LogP contribution is -2.47. The highest BCUT2D eigenvalue weighted by Crippen LogP contribution is 2.33. The first-order valence-electron chi connectivity index (χ1n) is 5.77. The second kappa shape index (κ2) is 4.57. The lowest BCUT2D eigenvalue weighted by molar-refractivity contribution is 0.643. The van der Waals surface area contributed by atoms with Crippen LogP contribution in [0, 0.1) is 5.92 Å². The smallest absolute Gasteiger partial charge is 0.0923 e. The summed E-state index contributed by atoms with van der Waals surface area (Å²) in [6, 6.07) is 0. The average Bonchev–Trinajstić information content (AvgIpc) is 3.15. The zero-order chi connectivity index (χ0) is 12.4. The SMILES string of the molecule is C=CCn1ncc(=C(N)C2CC2)c(=NC)c1=C. The van der Waals surface area contributed by atoms with E-state index in [4.69, 9.17) is 5.73 Å². The standard InChI is InChI=1S/C13H18N4/c1-4-7-17-9(2)13(15-3)11(8-16-17)12(14)10-5-6-10/h4,8,10H,1-2,5-7,14H2,3H3. The summed E-state index contributed by atoms with van der Waals surface area (Å²) in [5, 5.41) is 6.89. The Hall–Kier alpha value is -1.84. The normalized spacial score (nSPS) is 18.1. The molecule has 0 aromatic carbocycles. The third kappa shape index (κ3) is 2.16. The van der Waals surface area contributed by atoms with Crippen LogP contribution in [-0.4, -0.2) is 16.8 Å². The van der Waals surface area contributed by atoms with E-state index < -0.39 is 0 Å². The summed E-state index contributed by atoms with van der Waals surface area (Å²) in [4.78, 5) is 4.29. The second-order valence-electron chi connectivity index (χ2n) is 4.28. The van der Waals surface area contributed by atoms with Crippen LogP contribution >= 0.6 is 0 Å². The summed E-state index contributed by atoms with van der Waals surface area (Å²) in [6.07, 6.45) is 5.91. The summed E-state index contributed by atoms with van der Waals surface area (Å²) in [7, 11) is 1.76. The molecule has 4 nitrogen and oxygen atoms in total. The summed E-state index contributed by atoms with van der Waals surface area (Å²) < 4.78 is 1.78. The van der Waals surface area contributed by atoms with Crippen molar-refractivity contribution in [2.24, 2.45) is 16.6 Å². The van der Waals surface area contributed by atoms with Crippen molar-refractivity contribution in [2.45, 2.75) is 19.4 Å². The topological polar surface area (TPSA) is 56.2 Å². The van der Waals surface area contributed by atoms with E-state index in [2.05, 4.69) is 23.2 Å². The highest BCUT2D eigenvalue weighted by Gasteiger charge is 2.24. The molecule has 2 rings (SSSR count). The van der Waals surface area contributed by atoms with Gasteiger partial charge in [0.05, 0.1) is 23.4 Å². The molecule has 1 heterocycles. The van der Waals surface area contributed by atoms with E-state index in [1.54, 1.807) is 24.0 Å². The van der Waals surface area contributed by atoms with E-state index >= 15 is 0 Å². The van der Waals surface area contributed by atoms with E-state index in [0.717, 1.165) is 21.6 Å². The van der Waals surface area contributed by atoms with Gasteiger partial charge in [0, 0.05) is 18.0 Å². The maximum Gasteiger partial charge on any atom is 0.0923 e. The molecule has 1 fully saturated rings. The molecule has 0 atom stereocenters. The molecule has 17 heavy (non-hydrogen) atoms. The van der Waals surface area contributed by atoms with Gasteiger partial charge in [-0.15, -0.1) is 6.58 Å². The third-order valence-corrected chi connectivity index (χ3v) is 3.02. The Labute approximate surface area is 100 Å². The number of rotatable bonds is 3. The molecule has 1 aromatic rings. The number of aromatic nitrogens is 2. The minimum Gasteiger partial charge on any atom is -0.401 e. The molecule has 90 valence electrons. The molecule has 0 spiro atoms. The van der Waals surface area contributed by atoms with Gasteiger partial charge >= 0.3 is 0 Å². The first kappa shape index (κ1) is 11.6. The van der Waals surface area contributed by atoms with Gasteiger partial charge in [0.2, 0.25) is 0 Å². The van der Waals surface area contributed by atoms with Crippen molar-refractivity contribution in [3.8, 4) is 0 Å². The molecule has 0 unspecified atom stereocenters. The lowest BCUT2D eigenvalue weighted by Gasteiger charge is -2.05. The van der Waals surface area contributed by atoms with Crippen LogP contribution in [0.25, 0.3) is 12.3 Å². The van der Waals surface area contributed by atoms with Crippen molar-refractivity contribution in [3.63, 3.8) is 0 Å². The molecule has 1 saturated carbocycles. The van der Waals surface area contributed by atoms with E-state index in [-0.39, 0.29) is 0 Å². The second-order valence-corrected chi connectivity index (χ2v) is 4.28. The average molecular weight is 230 g/mol. The van der Waals surface area contributed by atoms with Crippen molar-refractivity contribution in [3.05, 3.63) is 34.8 Å². The van der Waals surface area contributed by atoms with Crippen LogP contribution in [0.1, 0.15) is 12.8 Å². The fraction of sp³-hybridized carbons (Fsp3) is 0.385. The monoisotopic (exact) mass is 230 g/mol. The van der Waals surface area contributed by atoms with Gasteiger partial charge < -0.3 is 5.73 Å². The van der Waals surface area contributed by atoms with E-state index in [1.165, 1.54) is 12.8 Å². The zero-order valence-corrected chi connectivity index (χ0v) is 10.2. The highest BCUT2D eigenvalue weighted by atomic mass is 15.3. The molecule has 1 aromatic heterocycles. The van der Waals surface area contributed by atoms with Gasteiger partial charge in [0.25, 0.3) is 0 Å². The summed E-state index contributed by atoms with van der Waals surface area (Å²) in [5.74, 6) is 0.506. The van der Waals surface area contributed by atoms with Crippen LogP contribution in [0.3, 0.4) is 0 Å². The molecule has 1 aliphatic carbocycles. The zero-order valence-electron chi connectivity index (χ0n) is 10.2. The quantitative estimate of drug-likeness (QED) is 0.711. The molecule has 4 heteroatoms. The maximum atomic E-state index is 6.13. The van der Waals surface area contributed by atoms with E-state index in [9.17, 15) is 0 Å². The van der Waals surface area contributed by atoms with Crippen molar-refractivity contribution in [1.82, 2.24) is 9.78 Å². The van der Waals surface area contributed by atoms with Crippen LogP contribution in [0.5, 0.6) is 0 Å². The molecule has 1 aliphatic rings. The predicted molar refractivity (Wildman–Crippen MR) is 69.0 cm³/mol. The molecule has 0 amide bonds. The van der Waals surface area contributed by atoms with Crippen molar-refractivity contribution in [2.75, 3.05) is 7.05 Å². The number of nitrogens with zero attached hydrogens (tertiary/aromatic N) is 3. The van der Waals surface area contributed by atoms with Crippen LogP contribution in [0.15, 0.2) is 23.8 Å². The van der Waals surface area contributed by atoms with E-state index in [0.29, 0.717) is 12.5 Å².